The van der Waals surface area contributed by atoms with Crippen LogP contribution in [-0.4, -0.2) is 26.0 Å². The van der Waals surface area contributed by atoms with Gasteiger partial charge in [-0.15, -0.1) is 0 Å². The van der Waals surface area contributed by atoms with Crippen LogP contribution >= 0.6 is 0 Å². The molecular weight excluding hydrogens is 290 g/mol. The van der Waals surface area contributed by atoms with E-state index in [-0.39, 0.29) is 15.9 Å². The molecule has 0 amide bonds. The van der Waals surface area contributed by atoms with Crippen LogP contribution in [0, 0.1) is 18.3 Å². The van der Waals surface area contributed by atoms with Crippen molar-refractivity contribution in [3.63, 3.8) is 0 Å². The Bertz CT molecular complexity index is 688. The highest BCUT2D eigenvalue weighted by Gasteiger charge is 2.53. The van der Waals surface area contributed by atoms with Crippen LogP contribution in [0.5, 0.6) is 0 Å². The third kappa shape index (κ3) is 2.82. The molecule has 0 radical (unpaired) electrons. The number of benzene rings is 1. The lowest BCUT2D eigenvalue weighted by molar-refractivity contribution is 0.0696. The van der Waals surface area contributed by atoms with E-state index in [9.17, 15) is 13.2 Å². The molecule has 0 aliphatic heterocycles. The third-order valence-electron chi connectivity index (χ3n) is 4.67. The molecular formula is C15H19NO4S. The normalized spacial score (nSPS) is 20.2. The quantitative estimate of drug-likeness (QED) is 0.843. The van der Waals surface area contributed by atoms with E-state index in [1.165, 1.54) is 31.0 Å². The Labute approximate surface area is 124 Å². The highest BCUT2D eigenvalue weighted by atomic mass is 32.2. The summed E-state index contributed by atoms with van der Waals surface area (Å²) in [5.41, 5.74) is 0.721. The summed E-state index contributed by atoms with van der Waals surface area (Å²) in [5, 5.41) is 9.00. The number of aryl methyl sites for hydroxylation is 1. The van der Waals surface area contributed by atoms with Gasteiger partial charge in [0.1, 0.15) is 0 Å². The summed E-state index contributed by atoms with van der Waals surface area (Å²) in [5.74, 6) is -0.449. The Morgan fingerprint density at radius 3 is 2.57 bits per heavy atom. The van der Waals surface area contributed by atoms with Crippen molar-refractivity contribution in [1.29, 1.82) is 0 Å². The molecule has 2 aliphatic rings. The van der Waals surface area contributed by atoms with Crippen molar-refractivity contribution in [3.8, 4) is 0 Å². The van der Waals surface area contributed by atoms with Crippen LogP contribution in [0.4, 0.5) is 0 Å². The smallest absolute Gasteiger partial charge is 0.335 e. The van der Waals surface area contributed by atoms with Crippen LogP contribution in [0.15, 0.2) is 23.1 Å². The van der Waals surface area contributed by atoms with Crippen LogP contribution in [-0.2, 0) is 10.0 Å². The predicted molar refractivity (Wildman–Crippen MR) is 77.7 cm³/mol. The van der Waals surface area contributed by atoms with Crippen LogP contribution in [0.3, 0.4) is 0 Å². The lowest BCUT2D eigenvalue weighted by Gasteiger charge is -2.16. The second-order valence-corrected chi connectivity index (χ2v) is 7.98. The Morgan fingerprint density at radius 1 is 1.38 bits per heavy atom. The first-order valence-corrected chi connectivity index (χ1v) is 8.66. The van der Waals surface area contributed by atoms with Gasteiger partial charge in [-0.25, -0.2) is 17.9 Å². The molecule has 0 spiro atoms. The predicted octanol–water partition coefficient (Wildman–Crippen LogP) is 2.16. The average Bonchev–Trinajstić information content (AvgIpc) is 3.28. The molecule has 0 unspecified atom stereocenters. The summed E-state index contributed by atoms with van der Waals surface area (Å²) in [6.07, 6.45) is 4.59. The lowest BCUT2D eigenvalue weighted by atomic mass is 10.0. The number of aromatic carboxylic acids is 1. The van der Waals surface area contributed by atoms with Gasteiger partial charge in [0.15, 0.2) is 0 Å². The van der Waals surface area contributed by atoms with Crippen LogP contribution in [0.2, 0.25) is 0 Å². The van der Waals surface area contributed by atoms with Crippen molar-refractivity contribution in [2.24, 2.45) is 11.3 Å². The van der Waals surface area contributed by atoms with Gasteiger partial charge in [0.25, 0.3) is 0 Å². The standard InChI is InChI=1S/C15H19NO4S/c1-10-2-3-11(14(17)18)8-13(10)21(19,20)16-9-15(6-7-15)12-4-5-12/h2-3,8,12,16H,4-7,9H2,1H3,(H,17,18). The number of hydrogen-bond acceptors (Lipinski definition) is 3. The number of carboxylic acids is 1. The van der Waals surface area contributed by atoms with Crippen LogP contribution < -0.4 is 4.72 Å². The monoisotopic (exact) mass is 309 g/mol. The second kappa shape index (κ2) is 4.81. The maximum Gasteiger partial charge on any atom is 0.335 e. The third-order valence-corrected chi connectivity index (χ3v) is 6.22. The maximum atomic E-state index is 12.4. The number of carboxylic acid groups (broad SMARTS) is 1. The van der Waals surface area contributed by atoms with Gasteiger partial charge in [-0.2, -0.15) is 0 Å². The molecule has 3 rings (SSSR count). The molecule has 1 aromatic rings. The van der Waals surface area contributed by atoms with Crippen molar-refractivity contribution in [2.45, 2.75) is 37.5 Å². The molecule has 0 saturated heterocycles. The Balaban J connectivity index is 1.81. The maximum absolute atomic E-state index is 12.4. The minimum absolute atomic E-state index is 0.00990. The van der Waals surface area contributed by atoms with Crippen molar-refractivity contribution in [2.75, 3.05) is 6.54 Å². The fraction of sp³-hybridized carbons (Fsp3) is 0.533. The molecule has 0 aromatic heterocycles. The molecule has 21 heavy (non-hydrogen) atoms. The summed E-state index contributed by atoms with van der Waals surface area (Å²) in [4.78, 5) is 11.1. The molecule has 2 N–H and O–H groups in total. The first kappa shape index (κ1) is 14.5. The summed E-state index contributed by atoms with van der Waals surface area (Å²) < 4.78 is 27.6. The van der Waals surface area contributed by atoms with Gasteiger partial charge in [-0.1, -0.05) is 6.07 Å². The van der Waals surface area contributed by atoms with E-state index in [1.807, 2.05) is 0 Å². The zero-order valence-corrected chi connectivity index (χ0v) is 12.7. The Morgan fingerprint density at radius 2 is 2.05 bits per heavy atom. The number of nitrogens with one attached hydrogen (secondary N) is 1. The largest absolute Gasteiger partial charge is 0.478 e. The molecule has 0 bridgehead atoms. The van der Waals surface area contributed by atoms with Gasteiger partial charge in [-0.3, -0.25) is 0 Å². The van der Waals surface area contributed by atoms with E-state index in [1.54, 1.807) is 6.92 Å². The highest BCUT2D eigenvalue weighted by Crippen LogP contribution is 2.60. The fourth-order valence-corrected chi connectivity index (χ4v) is 4.33. The molecule has 5 nitrogen and oxygen atoms in total. The van der Waals surface area contributed by atoms with Crippen molar-refractivity contribution in [3.05, 3.63) is 29.3 Å². The Hall–Kier alpha value is -1.40. The second-order valence-electron chi connectivity index (χ2n) is 6.25. The lowest BCUT2D eigenvalue weighted by Crippen LogP contribution is -2.31. The molecule has 2 fully saturated rings. The van der Waals surface area contributed by atoms with E-state index in [0.29, 0.717) is 18.0 Å². The number of hydrogen-bond donors (Lipinski definition) is 2. The minimum Gasteiger partial charge on any atom is -0.478 e. The Kier molecular flexibility index (Phi) is 3.33. The number of rotatable bonds is 6. The van der Waals surface area contributed by atoms with Gasteiger partial charge in [0.05, 0.1) is 10.5 Å². The minimum atomic E-state index is -3.66. The van der Waals surface area contributed by atoms with E-state index >= 15 is 0 Å². The first-order chi connectivity index (χ1) is 9.84. The molecule has 2 saturated carbocycles. The summed E-state index contributed by atoms with van der Waals surface area (Å²) in [6, 6.07) is 4.19. The molecule has 2 aliphatic carbocycles. The molecule has 114 valence electrons. The van der Waals surface area contributed by atoms with E-state index in [2.05, 4.69) is 4.72 Å². The van der Waals surface area contributed by atoms with Crippen molar-refractivity contribution >= 4 is 16.0 Å². The summed E-state index contributed by atoms with van der Waals surface area (Å²) in [6.45, 7) is 2.14. The topological polar surface area (TPSA) is 83.5 Å². The van der Waals surface area contributed by atoms with Gasteiger partial charge < -0.3 is 5.11 Å². The fourth-order valence-electron chi connectivity index (χ4n) is 2.92. The van der Waals surface area contributed by atoms with E-state index < -0.39 is 16.0 Å². The first-order valence-electron chi connectivity index (χ1n) is 7.18. The van der Waals surface area contributed by atoms with E-state index in [0.717, 1.165) is 12.8 Å². The van der Waals surface area contributed by atoms with Crippen LogP contribution in [0.1, 0.15) is 41.6 Å². The van der Waals surface area contributed by atoms with Gasteiger partial charge >= 0.3 is 5.97 Å². The zero-order valence-electron chi connectivity index (χ0n) is 11.9. The average molecular weight is 309 g/mol. The van der Waals surface area contributed by atoms with Crippen molar-refractivity contribution < 1.29 is 18.3 Å². The molecule has 1 aromatic carbocycles. The SMILES string of the molecule is Cc1ccc(C(=O)O)cc1S(=O)(=O)NCC1(C2CC2)CC1. The molecule has 0 heterocycles. The number of sulfonamides is 1. The highest BCUT2D eigenvalue weighted by molar-refractivity contribution is 7.89. The molecule has 6 heteroatoms. The van der Waals surface area contributed by atoms with Gasteiger partial charge in [-0.05, 0) is 61.6 Å². The van der Waals surface area contributed by atoms with Crippen LogP contribution in [0.25, 0.3) is 0 Å². The van der Waals surface area contributed by atoms with Crippen molar-refractivity contribution in [1.82, 2.24) is 4.72 Å². The van der Waals surface area contributed by atoms with E-state index in [4.69, 9.17) is 5.11 Å². The summed E-state index contributed by atoms with van der Waals surface area (Å²) >= 11 is 0. The summed E-state index contributed by atoms with van der Waals surface area (Å²) in [7, 11) is -3.66. The van der Waals surface area contributed by atoms with Gasteiger partial charge in [0, 0.05) is 6.54 Å². The number of carbonyl (C=O) groups is 1. The van der Waals surface area contributed by atoms with Gasteiger partial charge in [0.2, 0.25) is 10.0 Å². The zero-order chi connectivity index (χ0) is 15.3. The molecule has 0 atom stereocenters.